The van der Waals surface area contributed by atoms with E-state index in [1.54, 1.807) is 20.8 Å². The van der Waals surface area contributed by atoms with E-state index in [4.69, 9.17) is 34.5 Å². The molecule has 0 amide bonds. The molecule has 18 heavy (non-hydrogen) atoms. The Balaban J connectivity index is 2.93. The van der Waals surface area contributed by atoms with Gasteiger partial charge in [0.25, 0.3) is 0 Å². The monoisotopic (exact) mass is 285 g/mol. The Bertz CT molecular complexity index is 490. The molecule has 0 aliphatic heterocycles. The molecule has 0 spiro atoms. The predicted molar refractivity (Wildman–Crippen MR) is 72.3 cm³/mol. The highest BCUT2D eigenvalue weighted by atomic mass is 35.5. The van der Waals surface area contributed by atoms with Crippen LogP contribution in [0.25, 0.3) is 4.85 Å². The van der Waals surface area contributed by atoms with Crippen molar-refractivity contribution in [1.82, 2.24) is 0 Å². The molecule has 1 aromatic carbocycles. The molecule has 0 atom stereocenters. The fraction of sp³-hybridized carbons (Fsp3) is 0.385. The fourth-order valence-electron chi connectivity index (χ4n) is 1.35. The molecular formula is C13H13Cl2NO2. The van der Waals surface area contributed by atoms with Gasteiger partial charge >= 0.3 is 5.97 Å². The van der Waals surface area contributed by atoms with Crippen molar-refractivity contribution in [2.75, 3.05) is 0 Å². The Hall–Kier alpha value is -1.24. The lowest BCUT2D eigenvalue weighted by Crippen LogP contribution is -2.25. The summed E-state index contributed by atoms with van der Waals surface area (Å²) in [4.78, 5) is 14.9. The van der Waals surface area contributed by atoms with Crippen LogP contribution in [0.1, 0.15) is 26.3 Å². The van der Waals surface area contributed by atoms with Crippen molar-refractivity contribution in [3.05, 3.63) is 39.2 Å². The minimum absolute atomic E-state index is 0.00673. The fourth-order valence-corrected chi connectivity index (χ4v) is 1.95. The number of ether oxygens (including phenoxy) is 1. The Labute approximate surface area is 116 Å². The Morgan fingerprint density at radius 1 is 1.33 bits per heavy atom. The van der Waals surface area contributed by atoms with Crippen LogP contribution in [0.3, 0.4) is 0 Å². The van der Waals surface area contributed by atoms with E-state index in [1.807, 2.05) is 0 Å². The number of halogens is 2. The minimum Gasteiger partial charge on any atom is -0.460 e. The van der Waals surface area contributed by atoms with Crippen molar-refractivity contribution in [2.24, 2.45) is 0 Å². The van der Waals surface area contributed by atoms with E-state index >= 15 is 0 Å². The quantitative estimate of drug-likeness (QED) is 0.595. The van der Waals surface area contributed by atoms with E-state index in [0.717, 1.165) is 0 Å². The lowest BCUT2D eigenvalue weighted by Gasteiger charge is -2.20. The molecule has 96 valence electrons. The summed E-state index contributed by atoms with van der Waals surface area (Å²) in [6, 6.07) is 2.97. The van der Waals surface area contributed by atoms with Crippen molar-refractivity contribution < 1.29 is 9.53 Å². The van der Waals surface area contributed by atoms with Crippen molar-refractivity contribution in [1.29, 1.82) is 0 Å². The first-order valence-electron chi connectivity index (χ1n) is 5.30. The zero-order valence-electron chi connectivity index (χ0n) is 10.4. The summed E-state index contributed by atoms with van der Waals surface area (Å²) >= 11 is 12.0. The molecule has 1 rings (SSSR count). The van der Waals surface area contributed by atoms with Gasteiger partial charge in [0, 0.05) is 10.0 Å². The Morgan fingerprint density at radius 3 is 2.22 bits per heavy atom. The molecule has 3 nitrogen and oxygen atoms in total. The zero-order chi connectivity index (χ0) is 13.9. The second-order valence-corrected chi connectivity index (χ2v) is 5.58. The van der Waals surface area contributed by atoms with Gasteiger partial charge in [-0.25, -0.2) is 4.85 Å². The topological polar surface area (TPSA) is 30.7 Å². The average molecular weight is 286 g/mol. The number of hydrogen-bond acceptors (Lipinski definition) is 2. The summed E-state index contributed by atoms with van der Waals surface area (Å²) in [5.74, 6) is -0.401. The van der Waals surface area contributed by atoms with Gasteiger partial charge in [0.2, 0.25) is 0 Å². The van der Waals surface area contributed by atoms with Crippen LogP contribution in [0.2, 0.25) is 10.0 Å². The highest BCUT2D eigenvalue weighted by molar-refractivity contribution is 6.36. The predicted octanol–water partition coefficient (Wildman–Crippen LogP) is 4.43. The molecule has 0 radical (unpaired) electrons. The molecule has 0 saturated carbocycles. The molecular weight excluding hydrogens is 273 g/mol. The van der Waals surface area contributed by atoms with Gasteiger partial charge in [-0.2, -0.15) is 0 Å². The van der Waals surface area contributed by atoms with Crippen LogP contribution >= 0.6 is 23.2 Å². The van der Waals surface area contributed by atoms with E-state index in [9.17, 15) is 4.79 Å². The van der Waals surface area contributed by atoms with Gasteiger partial charge in [0.05, 0.1) is 13.0 Å². The van der Waals surface area contributed by atoms with E-state index in [-0.39, 0.29) is 6.42 Å². The third kappa shape index (κ3) is 4.21. The lowest BCUT2D eigenvalue weighted by molar-refractivity contribution is -0.153. The standard InChI is InChI=1S/C13H13Cl2NO2/c1-13(2,3)18-12(17)7-9-10(14)5-8(16-4)6-11(9)15/h5-6H,7H2,1-3H3. The van der Waals surface area contributed by atoms with Crippen LogP contribution < -0.4 is 0 Å². The molecule has 1 aromatic rings. The van der Waals surface area contributed by atoms with Crippen molar-refractivity contribution in [3.8, 4) is 0 Å². The van der Waals surface area contributed by atoms with Gasteiger partial charge in [0.15, 0.2) is 5.69 Å². The third-order valence-corrected chi connectivity index (χ3v) is 2.67. The molecule has 0 heterocycles. The van der Waals surface area contributed by atoms with Crippen molar-refractivity contribution >= 4 is 34.9 Å². The maximum Gasteiger partial charge on any atom is 0.310 e. The van der Waals surface area contributed by atoms with Crippen molar-refractivity contribution in [2.45, 2.75) is 32.8 Å². The molecule has 0 unspecified atom stereocenters. The van der Waals surface area contributed by atoms with Gasteiger partial charge in [-0.05, 0) is 38.5 Å². The molecule has 0 aliphatic carbocycles. The van der Waals surface area contributed by atoms with Crippen LogP contribution in [0.5, 0.6) is 0 Å². The SMILES string of the molecule is [C-]#[N+]c1cc(Cl)c(CC(=O)OC(C)(C)C)c(Cl)c1. The Kier molecular flexibility index (Phi) is 4.61. The number of nitrogens with zero attached hydrogens (tertiary/aromatic N) is 1. The smallest absolute Gasteiger partial charge is 0.310 e. The van der Waals surface area contributed by atoms with Crippen LogP contribution in [0, 0.1) is 6.57 Å². The normalized spacial score (nSPS) is 10.9. The number of rotatable bonds is 2. The molecule has 0 aromatic heterocycles. The molecule has 0 aliphatic rings. The van der Waals surface area contributed by atoms with Gasteiger partial charge in [-0.1, -0.05) is 23.2 Å². The highest BCUT2D eigenvalue weighted by Crippen LogP contribution is 2.31. The summed E-state index contributed by atoms with van der Waals surface area (Å²) in [6.07, 6.45) is -0.00673. The van der Waals surface area contributed by atoms with E-state index in [0.29, 0.717) is 21.3 Å². The first-order chi connectivity index (χ1) is 8.23. The maximum absolute atomic E-state index is 11.7. The van der Waals surface area contributed by atoms with Crippen LogP contribution in [-0.4, -0.2) is 11.6 Å². The second kappa shape index (κ2) is 5.60. The summed E-state index contributed by atoms with van der Waals surface area (Å²) in [7, 11) is 0. The van der Waals surface area contributed by atoms with Crippen LogP contribution in [0.15, 0.2) is 12.1 Å². The van der Waals surface area contributed by atoms with E-state index in [2.05, 4.69) is 4.85 Å². The van der Waals surface area contributed by atoms with Gasteiger partial charge in [0.1, 0.15) is 5.60 Å². The molecule has 0 bridgehead atoms. The van der Waals surface area contributed by atoms with Crippen molar-refractivity contribution in [3.63, 3.8) is 0 Å². The second-order valence-electron chi connectivity index (χ2n) is 4.76. The maximum atomic E-state index is 11.7. The summed E-state index contributed by atoms with van der Waals surface area (Å²) in [6.45, 7) is 12.2. The molecule has 0 saturated heterocycles. The number of esters is 1. The average Bonchev–Trinajstić information content (AvgIpc) is 2.20. The number of benzene rings is 1. The van der Waals surface area contributed by atoms with Crippen LogP contribution in [0.4, 0.5) is 5.69 Å². The summed E-state index contributed by atoms with van der Waals surface area (Å²) in [5, 5.41) is 0.610. The number of carbonyl (C=O) groups is 1. The summed E-state index contributed by atoms with van der Waals surface area (Å²) in [5.41, 5.74) is 0.282. The van der Waals surface area contributed by atoms with Gasteiger partial charge in [-0.15, -0.1) is 0 Å². The first kappa shape index (κ1) is 14.8. The van der Waals surface area contributed by atoms with Gasteiger partial charge < -0.3 is 4.74 Å². The van der Waals surface area contributed by atoms with Gasteiger partial charge in [-0.3, -0.25) is 4.79 Å². The highest BCUT2D eigenvalue weighted by Gasteiger charge is 2.19. The zero-order valence-corrected chi connectivity index (χ0v) is 11.9. The lowest BCUT2D eigenvalue weighted by atomic mass is 10.1. The minimum atomic E-state index is -0.549. The largest absolute Gasteiger partial charge is 0.460 e. The molecule has 0 N–H and O–H groups in total. The molecule has 0 fully saturated rings. The third-order valence-electron chi connectivity index (χ3n) is 2.00. The van der Waals surface area contributed by atoms with Crippen LogP contribution in [-0.2, 0) is 16.0 Å². The molecule has 5 heteroatoms. The Morgan fingerprint density at radius 2 is 1.83 bits per heavy atom. The van der Waals surface area contributed by atoms with E-state index < -0.39 is 11.6 Å². The first-order valence-corrected chi connectivity index (χ1v) is 6.06. The van der Waals surface area contributed by atoms with E-state index in [1.165, 1.54) is 12.1 Å². The number of carbonyl (C=O) groups excluding carboxylic acids is 1. The number of hydrogen-bond donors (Lipinski definition) is 0. The summed E-state index contributed by atoms with van der Waals surface area (Å²) < 4.78 is 5.19.